The van der Waals surface area contributed by atoms with E-state index in [4.69, 9.17) is 47.8 Å². The molecule has 5 atom stereocenters. The van der Waals surface area contributed by atoms with Crippen molar-refractivity contribution in [3.63, 3.8) is 0 Å². The Labute approximate surface area is 782 Å². The predicted octanol–water partition coefficient (Wildman–Crippen LogP) is 26.5. The number of alkyl carbamates (subject to hydrolysis) is 1. The average Bonchev–Trinajstić information content (AvgIpc) is 1.62. The molecule has 1 saturated heterocycles. The van der Waals surface area contributed by atoms with E-state index in [0.29, 0.717) is 38.5 Å². The number of amides is 2. The molecule has 1 aliphatic carbocycles. The molecule has 7 N–H and O–H groups in total. The van der Waals surface area contributed by atoms with Crippen molar-refractivity contribution in [2.45, 2.75) is 341 Å². The summed E-state index contributed by atoms with van der Waals surface area (Å²) in [7, 11) is -12.4. The van der Waals surface area contributed by atoms with Crippen LogP contribution in [0.25, 0.3) is 11.1 Å². The fourth-order valence-electron chi connectivity index (χ4n) is 16.0. The highest BCUT2D eigenvalue weighted by Crippen LogP contribution is 2.54. The summed E-state index contributed by atoms with van der Waals surface area (Å²) in [5.74, 6) is 1.42. The van der Waals surface area contributed by atoms with Crippen molar-refractivity contribution in [2.75, 3.05) is 45.5 Å². The SMILES string of the molecule is CCCCCCCCc1ccc(CCC(CCP(=O)(O)O)(CO[Si](C)(C)C(C)(C)C)NC(=O)OCC2c3ccccc3-c3ccccc32)cc1.CCCCCCCCc1ccc(CCC(N)(CO)CC[P+](=O)OCOC(C)O)cc1.CCCCCCCCc1ccc(CCC2(/C=C/P(=O)(OCc3ccccc3)OCc3ccccc3)COC(C)(C)N2C(=O)OC(C)(C)C)cc1. The van der Waals surface area contributed by atoms with Crippen LogP contribution in [0.1, 0.15) is 292 Å². The second-order valence-corrected chi connectivity index (χ2v) is 48.6. The van der Waals surface area contributed by atoms with Gasteiger partial charge in [0.25, 0.3) is 0 Å². The normalized spacial score (nSPS) is 15.9. The van der Waals surface area contributed by atoms with Crippen molar-refractivity contribution in [1.29, 1.82) is 0 Å². The van der Waals surface area contributed by atoms with Crippen molar-refractivity contribution in [2.24, 2.45) is 5.73 Å². The number of nitrogens with one attached hydrogen (secondary N) is 1. The average molecular weight is 1870 g/mol. The number of ether oxygens (including phenoxy) is 4. The van der Waals surface area contributed by atoms with Gasteiger partial charge in [-0.25, -0.2) is 9.59 Å². The summed E-state index contributed by atoms with van der Waals surface area (Å²) >= 11 is 0. The molecule has 7 aromatic carbocycles. The molecule has 0 radical (unpaired) electrons. The number of benzene rings is 7. The molecule has 130 heavy (non-hydrogen) atoms. The number of aryl methyl sites for hydroxylation is 6. The molecular weight excluding hydrogens is 1710 g/mol. The van der Waals surface area contributed by atoms with Crippen molar-refractivity contribution in [1.82, 2.24) is 10.2 Å². The Kier molecular flexibility index (Phi) is 46.8. The first-order chi connectivity index (χ1) is 61.8. The van der Waals surface area contributed by atoms with E-state index in [0.717, 1.165) is 70.2 Å². The van der Waals surface area contributed by atoms with E-state index < -0.39 is 78.0 Å². The van der Waals surface area contributed by atoms with Crippen LogP contribution < -0.4 is 11.1 Å². The van der Waals surface area contributed by atoms with Crippen LogP contribution >= 0.6 is 23.2 Å². The highest BCUT2D eigenvalue weighted by Gasteiger charge is 2.55. The lowest BCUT2D eigenvalue weighted by atomic mass is 9.89. The summed E-state index contributed by atoms with van der Waals surface area (Å²) in [4.78, 5) is 49.3. The van der Waals surface area contributed by atoms with Gasteiger partial charge in [0.05, 0.1) is 50.3 Å². The van der Waals surface area contributed by atoms with Crippen LogP contribution in [0.3, 0.4) is 0 Å². The van der Waals surface area contributed by atoms with E-state index in [1.807, 2.05) is 120 Å². The number of hydrogen-bond donors (Lipinski definition) is 6. The molecule has 0 spiro atoms. The Morgan fingerprint density at radius 2 is 1.01 bits per heavy atom. The van der Waals surface area contributed by atoms with Crippen molar-refractivity contribution < 1.29 is 80.2 Å². The quantitative estimate of drug-likeness (QED) is 0.00894. The zero-order chi connectivity index (χ0) is 94.8. The Morgan fingerprint density at radius 1 is 0.585 bits per heavy atom. The second-order valence-electron chi connectivity index (χ2n) is 38.8. The molecule has 0 saturated carbocycles. The van der Waals surface area contributed by atoms with Crippen LogP contribution in [-0.2, 0) is 102 Å². The van der Waals surface area contributed by atoms with Crippen molar-refractivity contribution >= 4 is 43.7 Å². The summed E-state index contributed by atoms with van der Waals surface area (Å²) in [6.45, 7) is 28.5. The molecule has 1 fully saturated rings. The summed E-state index contributed by atoms with van der Waals surface area (Å²) in [5.41, 5.74) is 15.6. The van der Waals surface area contributed by atoms with E-state index in [-0.39, 0.29) is 76.1 Å². The Morgan fingerprint density at radius 3 is 1.44 bits per heavy atom. The minimum Gasteiger partial charge on any atom is -0.449 e. The third kappa shape index (κ3) is 39.6. The van der Waals surface area contributed by atoms with Crippen LogP contribution in [0, 0.1) is 0 Å². The van der Waals surface area contributed by atoms with E-state index in [2.05, 4.69) is 157 Å². The predicted molar refractivity (Wildman–Crippen MR) is 531 cm³/mol. The summed E-state index contributed by atoms with van der Waals surface area (Å²) in [5, 5.41) is 21.8. The third-order valence-electron chi connectivity index (χ3n) is 25.2. The van der Waals surface area contributed by atoms with E-state index in [1.54, 1.807) is 11.0 Å². The van der Waals surface area contributed by atoms with Gasteiger partial charge in [0.15, 0.2) is 20.8 Å². The van der Waals surface area contributed by atoms with Crippen LogP contribution in [0.15, 0.2) is 194 Å². The van der Waals surface area contributed by atoms with Crippen LogP contribution in [0.4, 0.5) is 9.59 Å². The highest BCUT2D eigenvalue weighted by molar-refractivity contribution is 7.57. The number of nitrogens with zero attached hydrogens (tertiary/aromatic N) is 1. The fourth-order valence-corrected chi connectivity index (χ4v) is 20.1. The third-order valence-corrected chi connectivity index (χ3v) is 33.0. The summed E-state index contributed by atoms with van der Waals surface area (Å²) < 4.78 is 85.5. The first-order valence-corrected chi connectivity index (χ1v) is 55.7. The van der Waals surface area contributed by atoms with Gasteiger partial charge in [-0.3, -0.25) is 14.0 Å². The number of hydrogen-bond acceptors (Lipinski definition) is 16. The first kappa shape index (κ1) is 110. The molecule has 0 aromatic heterocycles. The van der Waals surface area contributed by atoms with Gasteiger partial charge in [-0.1, -0.05) is 320 Å². The topological polar surface area (TPSA) is 281 Å². The van der Waals surface area contributed by atoms with Gasteiger partial charge in [0, 0.05) is 23.7 Å². The minimum absolute atomic E-state index is 0.0617. The number of aliphatic hydroxyl groups excluding tert-OH is 2. The van der Waals surface area contributed by atoms with E-state index in [1.165, 1.54) is 151 Å². The minimum atomic E-state index is -4.37. The number of carbonyl (C=O) groups excluding carboxylic acids is 2. The van der Waals surface area contributed by atoms with Gasteiger partial charge in [-0.2, -0.15) is 0 Å². The molecule has 5 unspecified atom stereocenters. The molecule has 2 amide bonds. The van der Waals surface area contributed by atoms with E-state index >= 15 is 0 Å². The number of nitrogens with two attached hydrogens (primary N) is 1. The highest BCUT2D eigenvalue weighted by atomic mass is 31.2. The molecule has 1 aliphatic heterocycles. The Hall–Kier alpha value is -6.84. The standard InChI is InChI=1S/C42H58NO6P.C41H60NO6PSi.C23H41NO5P/c1-7-8-9-10-11-14-19-35-24-26-36(27-25-35)28-29-42(34-46-41(5,6)43(42)39(44)49-40(2,3)4)30-31-50(45,47-32-37-20-15-12-16-21-37)48-33-38-22-17-13-18-23-38;1-7-8-9-10-11-12-17-32-22-24-33(25-23-32)26-27-41(28-29-49(44,45)46,31-48-50(5,6)40(2,3)4)42-39(43)47-30-38-36-20-15-13-18-34(36)35-19-14-16-21-37(35)38;1-3-4-5-6-7-8-9-21-10-12-22(13-11-21)14-15-23(24,18-25)16-17-30(27)29-19-28-20(2)26/h12-13,15-18,20-27,30-31H,7-11,14,19,28-29,32-34H2,1-6H3;13-16,18-25,38H,7-12,17,26-31H2,1-6H3,(H,42,43)(H2,44,45,46);10-13,20,25-26H,3-9,14-19,24H2,1-2H3/q;;+1/b31-30+;;. The molecule has 24 heteroatoms. The second kappa shape index (κ2) is 55.2. The van der Waals surface area contributed by atoms with Crippen molar-refractivity contribution in [3.05, 3.63) is 250 Å². The smallest absolute Gasteiger partial charge is 0.449 e. The maximum Gasteiger partial charge on any atom is 0.510 e. The van der Waals surface area contributed by atoms with Gasteiger partial charge in [0.1, 0.15) is 17.9 Å². The van der Waals surface area contributed by atoms with Crippen molar-refractivity contribution in [3.8, 4) is 11.1 Å². The molecule has 1 heterocycles. The number of carbonyl (C=O) groups is 2. The number of aliphatic hydroxyl groups is 2. The zero-order valence-electron chi connectivity index (χ0n) is 81.0. The largest absolute Gasteiger partial charge is 0.510 e. The molecule has 7 aromatic rings. The Balaban J connectivity index is 0.000000276. The molecule has 2 aliphatic rings. The molecule has 0 bridgehead atoms. The maximum absolute atomic E-state index is 14.5. The van der Waals surface area contributed by atoms with Crippen LogP contribution in [-0.4, -0.2) is 125 Å². The van der Waals surface area contributed by atoms with Gasteiger partial charge in [0.2, 0.25) is 6.79 Å². The number of rotatable bonds is 55. The first-order valence-electron chi connectivity index (χ1n) is 48.0. The zero-order valence-corrected chi connectivity index (χ0v) is 84.6. The number of fused-ring (bicyclic) bond motifs is 3. The number of unbranched alkanes of at least 4 members (excludes halogenated alkanes) is 15. The van der Waals surface area contributed by atoms with Crippen LogP contribution in [0.5, 0.6) is 0 Å². The molecule has 9 rings (SSSR count). The lowest BCUT2D eigenvalue weighted by molar-refractivity contribution is -0.129. The van der Waals surface area contributed by atoms with Gasteiger partial charge < -0.3 is 63.5 Å². The van der Waals surface area contributed by atoms with Gasteiger partial charge >= 0.3 is 35.4 Å². The van der Waals surface area contributed by atoms with Crippen LogP contribution in [0.2, 0.25) is 18.1 Å². The van der Waals surface area contributed by atoms with E-state index in [9.17, 15) is 38.2 Å². The molecule has 20 nitrogen and oxygen atoms in total. The lowest BCUT2D eigenvalue weighted by Crippen LogP contribution is -2.56. The molecular formula is C106H159N3O17P3Si+. The maximum atomic E-state index is 14.5. The fraction of sp³-hybridized carbons (Fsp3) is 0.566. The van der Waals surface area contributed by atoms with Gasteiger partial charge in [-0.05, 0) is 221 Å². The lowest BCUT2D eigenvalue weighted by Gasteiger charge is -2.42. The monoisotopic (exact) mass is 1870 g/mol. The Bertz CT molecular complexity index is 4470. The van der Waals surface area contributed by atoms with Gasteiger partial charge in [-0.15, -0.1) is 4.52 Å². The summed E-state index contributed by atoms with van der Waals surface area (Å²) in [6, 6.07) is 61.7. The summed E-state index contributed by atoms with van der Waals surface area (Å²) in [6.07, 6.45) is 30.0. The molecule has 718 valence electrons.